The van der Waals surface area contributed by atoms with E-state index >= 15 is 0 Å². The zero-order valence-corrected chi connectivity index (χ0v) is 12.3. The lowest BCUT2D eigenvalue weighted by atomic mass is 10.1. The van der Waals surface area contributed by atoms with Crippen LogP contribution < -0.4 is 5.32 Å². The fourth-order valence-corrected chi connectivity index (χ4v) is 2.94. The molecule has 1 aliphatic carbocycles. The Kier molecular flexibility index (Phi) is 4.06. The van der Waals surface area contributed by atoms with E-state index in [4.69, 9.17) is 0 Å². The normalized spacial score (nSPS) is 20.1. The third-order valence-electron chi connectivity index (χ3n) is 4.40. The second-order valence-electron chi connectivity index (χ2n) is 6.15. The Hall–Kier alpha value is -1.35. The highest BCUT2D eigenvalue weighted by molar-refractivity contribution is 5.81. The molecule has 2 fully saturated rings. The molecule has 108 valence electrons. The number of nitrogens with zero attached hydrogens (tertiary/aromatic N) is 1. The average Bonchev–Trinajstić information content (AvgIpc) is 3.19. The van der Waals surface area contributed by atoms with E-state index in [1.165, 1.54) is 24.0 Å². The van der Waals surface area contributed by atoms with Crippen molar-refractivity contribution in [3.05, 3.63) is 35.4 Å². The van der Waals surface area contributed by atoms with Crippen molar-refractivity contribution in [3.8, 4) is 0 Å². The van der Waals surface area contributed by atoms with Gasteiger partial charge in [0.2, 0.25) is 5.91 Å². The molecule has 1 heterocycles. The summed E-state index contributed by atoms with van der Waals surface area (Å²) >= 11 is 0. The molecule has 1 aromatic rings. The largest absolute Gasteiger partial charge is 0.341 e. The number of amides is 1. The van der Waals surface area contributed by atoms with E-state index in [1.807, 2.05) is 11.8 Å². The van der Waals surface area contributed by atoms with E-state index in [9.17, 15) is 4.79 Å². The summed E-state index contributed by atoms with van der Waals surface area (Å²) < 4.78 is 0. The minimum atomic E-state index is -0.0855. The van der Waals surface area contributed by atoms with Crippen molar-refractivity contribution in [2.75, 3.05) is 13.1 Å². The Bertz CT molecular complexity index is 476. The Morgan fingerprint density at radius 3 is 2.80 bits per heavy atom. The molecule has 1 aromatic carbocycles. The summed E-state index contributed by atoms with van der Waals surface area (Å²) in [5.41, 5.74) is 2.75. The smallest absolute Gasteiger partial charge is 0.239 e. The summed E-state index contributed by atoms with van der Waals surface area (Å²) in [5, 5.41) is 3.37. The van der Waals surface area contributed by atoms with Crippen molar-refractivity contribution >= 4 is 5.91 Å². The van der Waals surface area contributed by atoms with Crippen LogP contribution in [0.25, 0.3) is 0 Å². The van der Waals surface area contributed by atoms with Crippen LogP contribution >= 0.6 is 0 Å². The molecular weight excluding hydrogens is 248 g/mol. The molecule has 1 unspecified atom stereocenters. The summed E-state index contributed by atoms with van der Waals surface area (Å²) in [6.45, 7) is 4.62. The molecule has 1 saturated carbocycles. The molecule has 3 rings (SSSR count). The van der Waals surface area contributed by atoms with E-state index in [-0.39, 0.29) is 11.9 Å². The maximum atomic E-state index is 12.2. The number of benzene rings is 1. The third-order valence-corrected chi connectivity index (χ3v) is 4.40. The van der Waals surface area contributed by atoms with E-state index in [1.54, 1.807) is 0 Å². The summed E-state index contributed by atoms with van der Waals surface area (Å²) in [6.07, 6.45) is 4.98. The average molecular weight is 272 g/mol. The van der Waals surface area contributed by atoms with Gasteiger partial charge in [0.1, 0.15) is 0 Å². The van der Waals surface area contributed by atoms with Crippen molar-refractivity contribution in [2.24, 2.45) is 0 Å². The Morgan fingerprint density at radius 1 is 1.35 bits per heavy atom. The molecule has 1 aliphatic heterocycles. The van der Waals surface area contributed by atoms with Gasteiger partial charge in [-0.2, -0.15) is 0 Å². The van der Waals surface area contributed by atoms with Crippen molar-refractivity contribution < 1.29 is 4.79 Å². The van der Waals surface area contributed by atoms with Crippen molar-refractivity contribution in [1.82, 2.24) is 10.2 Å². The number of hydrogen-bond acceptors (Lipinski definition) is 2. The van der Waals surface area contributed by atoms with Gasteiger partial charge in [0.25, 0.3) is 0 Å². The molecule has 3 heteroatoms. The number of hydrogen-bond donors (Lipinski definition) is 1. The van der Waals surface area contributed by atoms with Gasteiger partial charge in [0.15, 0.2) is 0 Å². The van der Waals surface area contributed by atoms with Crippen molar-refractivity contribution in [2.45, 2.75) is 51.1 Å². The molecule has 0 aromatic heterocycles. The van der Waals surface area contributed by atoms with Gasteiger partial charge < -0.3 is 10.2 Å². The monoisotopic (exact) mass is 272 g/mol. The van der Waals surface area contributed by atoms with Crippen LogP contribution in [0, 0.1) is 0 Å². The highest BCUT2D eigenvalue weighted by atomic mass is 16.2. The maximum absolute atomic E-state index is 12.2. The zero-order valence-electron chi connectivity index (χ0n) is 12.3. The lowest BCUT2D eigenvalue weighted by molar-refractivity contribution is -0.131. The minimum Gasteiger partial charge on any atom is -0.341 e. The highest BCUT2D eigenvalue weighted by Gasteiger charge is 2.24. The number of carbonyl (C=O) groups excluding carboxylic acids is 1. The number of nitrogens with one attached hydrogen (secondary N) is 1. The lowest BCUT2D eigenvalue weighted by Gasteiger charge is -2.21. The van der Waals surface area contributed by atoms with Crippen LogP contribution in [-0.2, 0) is 11.3 Å². The van der Waals surface area contributed by atoms with Crippen molar-refractivity contribution in [1.29, 1.82) is 0 Å². The molecule has 1 amide bonds. The molecule has 1 saturated heterocycles. The van der Waals surface area contributed by atoms with Gasteiger partial charge in [0.05, 0.1) is 6.04 Å². The molecule has 0 radical (unpaired) electrons. The zero-order chi connectivity index (χ0) is 13.9. The Morgan fingerprint density at radius 2 is 2.10 bits per heavy atom. The van der Waals surface area contributed by atoms with Crippen LogP contribution in [0.5, 0.6) is 0 Å². The van der Waals surface area contributed by atoms with E-state index in [0.717, 1.165) is 38.4 Å². The van der Waals surface area contributed by atoms with Crippen LogP contribution in [0.3, 0.4) is 0 Å². The Balaban J connectivity index is 1.52. The van der Waals surface area contributed by atoms with E-state index in [0.29, 0.717) is 0 Å². The predicted octanol–water partition coefficient (Wildman–Crippen LogP) is 2.66. The first-order chi connectivity index (χ1) is 9.74. The number of carbonyl (C=O) groups is 1. The lowest BCUT2D eigenvalue weighted by Crippen LogP contribution is -2.43. The van der Waals surface area contributed by atoms with Crippen LogP contribution in [0.2, 0.25) is 0 Å². The van der Waals surface area contributed by atoms with E-state index in [2.05, 4.69) is 29.6 Å². The second kappa shape index (κ2) is 5.96. The van der Waals surface area contributed by atoms with Gasteiger partial charge in [-0.15, -0.1) is 0 Å². The van der Waals surface area contributed by atoms with Gasteiger partial charge in [-0.05, 0) is 49.7 Å². The third kappa shape index (κ3) is 3.21. The molecule has 0 spiro atoms. The fraction of sp³-hybridized carbons (Fsp3) is 0.588. The topological polar surface area (TPSA) is 32.3 Å². The standard InChI is InChI=1S/C17H24N2O/c1-13(17(20)19-9-2-3-10-19)18-12-14-5-4-6-16(11-14)15-7-8-15/h4-6,11,13,15,18H,2-3,7-10,12H2,1H3. The van der Waals surface area contributed by atoms with Gasteiger partial charge in [-0.3, -0.25) is 4.79 Å². The SMILES string of the molecule is CC(NCc1cccc(C2CC2)c1)C(=O)N1CCCC1. The summed E-state index contributed by atoms with van der Waals surface area (Å²) in [4.78, 5) is 14.2. The molecular formula is C17H24N2O. The minimum absolute atomic E-state index is 0.0855. The summed E-state index contributed by atoms with van der Waals surface area (Å²) in [7, 11) is 0. The van der Waals surface area contributed by atoms with Gasteiger partial charge >= 0.3 is 0 Å². The van der Waals surface area contributed by atoms with Crippen LogP contribution in [0.4, 0.5) is 0 Å². The first kappa shape index (κ1) is 13.6. The second-order valence-corrected chi connectivity index (χ2v) is 6.15. The Labute approximate surface area is 121 Å². The molecule has 3 nitrogen and oxygen atoms in total. The summed E-state index contributed by atoms with van der Waals surface area (Å²) in [6, 6.07) is 8.71. The molecule has 20 heavy (non-hydrogen) atoms. The summed E-state index contributed by atoms with van der Waals surface area (Å²) in [5.74, 6) is 1.04. The van der Waals surface area contributed by atoms with Gasteiger partial charge in [0, 0.05) is 19.6 Å². The highest BCUT2D eigenvalue weighted by Crippen LogP contribution is 2.40. The van der Waals surface area contributed by atoms with Crippen LogP contribution in [0.15, 0.2) is 24.3 Å². The first-order valence-electron chi connectivity index (χ1n) is 7.85. The van der Waals surface area contributed by atoms with Gasteiger partial charge in [-0.25, -0.2) is 0 Å². The molecule has 0 bridgehead atoms. The van der Waals surface area contributed by atoms with Crippen LogP contribution in [0.1, 0.15) is 49.7 Å². The van der Waals surface area contributed by atoms with E-state index < -0.39 is 0 Å². The van der Waals surface area contributed by atoms with Crippen molar-refractivity contribution in [3.63, 3.8) is 0 Å². The molecule has 2 aliphatic rings. The first-order valence-corrected chi connectivity index (χ1v) is 7.85. The predicted molar refractivity (Wildman–Crippen MR) is 80.5 cm³/mol. The number of likely N-dealkylation sites (tertiary alicyclic amines) is 1. The number of rotatable bonds is 5. The molecule has 1 atom stereocenters. The van der Waals surface area contributed by atoms with Crippen LogP contribution in [-0.4, -0.2) is 29.9 Å². The maximum Gasteiger partial charge on any atom is 0.239 e. The van der Waals surface area contributed by atoms with Gasteiger partial charge in [-0.1, -0.05) is 24.3 Å². The molecule has 1 N–H and O–H groups in total. The fourth-order valence-electron chi connectivity index (χ4n) is 2.94. The quantitative estimate of drug-likeness (QED) is 0.893.